The second kappa shape index (κ2) is 9.73. The van der Waals surface area contributed by atoms with Gasteiger partial charge in [-0.25, -0.2) is 0 Å². The van der Waals surface area contributed by atoms with Crippen LogP contribution in [0.4, 0.5) is 5.69 Å². The molecule has 0 atom stereocenters. The summed E-state index contributed by atoms with van der Waals surface area (Å²) in [5.74, 6) is -0.162. The summed E-state index contributed by atoms with van der Waals surface area (Å²) in [4.78, 5) is 16.5. The minimum atomic E-state index is -0.439. The first-order chi connectivity index (χ1) is 14.3. The topological polar surface area (TPSA) is 77.4 Å². The van der Waals surface area contributed by atoms with Gasteiger partial charge in [-0.2, -0.15) is 10.7 Å². The third-order valence-electron chi connectivity index (χ3n) is 4.89. The van der Waals surface area contributed by atoms with E-state index in [1.54, 1.807) is 11.8 Å². The number of nitrogens with zero attached hydrogens (tertiary/aromatic N) is 3. The van der Waals surface area contributed by atoms with Gasteiger partial charge in [0.25, 0.3) is 0 Å². The maximum Gasteiger partial charge on any atom is 0.320 e. The number of rotatable bonds is 6. The lowest BCUT2D eigenvalue weighted by molar-refractivity contribution is -0.156. The number of benzene rings is 2. The molecule has 0 amide bonds. The first kappa shape index (κ1) is 21.8. The molecule has 7 nitrogen and oxygen atoms in total. The number of esters is 1. The maximum absolute atomic E-state index is 12.0. The Hall–Kier alpha value is -2.90. The predicted octanol–water partition coefficient (Wildman–Crippen LogP) is 3.13. The van der Waals surface area contributed by atoms with Crippen LogP contribution in [-0.4, -0.2) is 60.6 Å². The summed E-state index contributed by atoms with van der Waals surface area (Å²) in [6, 6.07) is 16.5. The number of hydrogen-bond acceptors (Lipinski definition) is 7. The Morgan fingerprint density at radius 1 is 1.03 bits per heavy atom. The lowest BCUT2D eigenvalue weighted by Gasteiger charge is -2.36. The Kier molecular flexibility index (Phi) is 7.07. The van der Waals surface area contributed by atoms with Crippen molar-refractivity contribution in [3.05, 3.63) is 54.1 Å². The van der Waals surface area contributed by atoms with Crippen molar-refractivity contribution in [1.82, 2.24) is 10.5 Å². The first-order valence-electron chi connectivity index (χ1n) is 10.2. The van der Waals surface area contributed by atoms with Gasteiger partial charge in [0, 0.05) is 31.9 Å². The summed E-state index contributed by atoms with van der Waals surface area (Å²) in [6.45, 7) is 9.47. The molecule has 1 saturated heterocycles. The Bertz CT molecular complexity index is 850. The second-order valence-electron chi connectivity index (χ2n) is 8.38. The molecule has 1 aliphatic heterocycles. The lowest BCUT2D eigenvalue weighted by Crippen LogP contribution is -2.48. The van der Waals surface area contributed by atoms with Gasteiger partial charge in [0.05, 0.1) is 12.8 Å². The van der Waals surface area contributed by atoms with E-state index in [9.17, 15) is 4.79 Å². The molecule has 3 rings (SSSR count). The standard InChI is InChI=1S/C23H30N4O3/c1-23(2,3)30-22(28)17-26-12-14-27(15-13-26)21-10-8-20(9-11-21)19-6-4-18(5-7-19)16-24-25-29/h4-11,16,25,29H,12-15,17H2,1-3H3. The molecule has 1 heterocycles. The molecule has 30 heavy (non-hydrogen) atoms. The molecule has 2 aromatic carbocycles. The Morgan fingerprint density at radius 3 is 2.13 bits per heavy atom. The molecule has 1 fully saturated rings. The van der Waals surface area contributed by atoms with Crippen molar-refractivity contribution in [2.24, 2.45) is 5.10 Å². The van der Waals surface area contributed by atoms with Crippen molar-refractivity contribution < 1.29 is 14.7 Å². The monoisotopic (exact) mass is 410 g/mol. The largest absolute Gasteiger partial charge is 0.459 e. The smallest absolute Gasteiger partial charge is 0.320 e. The number of carbonyl (C=O) groups is 1. The average molecular weight is 411 g/mol. The molecule has 0 aromatic heterocycles. The van der Waals surface area contributed by atoms with Gasteiger partial charge in [0.1, 0.15) is 5.60 Å². The van der Waals surface area contributed by atoms with Crippen LogP contribution in [0.3, 0.4) is 0 Å². The molecule has 160 valence electrons. The fourth-order valence-corrected chi connectivity index (χ4v) is 3.45. The van der Waals surface area contributed by atoms with Gasteiger partial charge >= 0.3 is 5.97 Å². The number of ether oxygens (including phenoxy) is 1. The van der Waals surface area contributed by atoms with Crippen LogP contribution in [0.15, 0.2) is 53.6 Å². The van der Waals surface area contributed by atoms with Crippen molar-refractivity contribution in [3.63, 3.8) is 0 Å². The Morgan fingerprint density at radius 2 is 1.60 bits per heavy atom. The highest BCUT2D eigenvalue weighted by atomic mass is 16.6. The zero-order valence-electron chi connectivity index (χ0n) is 17.8. The number of piperazine rings is 1. The zero-order valence-corrected chi connectivity index (χ0v) is 17.8. The molecule has 0 bridgehead atoms. The fraction of sp³-hybridized carbons (Fsp3) is 0.391. The highest BCUT2D eigenvalue weighted by Gasteiger charge is 2.22. The number of carbonyl (C=O) groups excluding carboxylic acids is 1. The highest BCUT2D eigenvalue weighted by molar-refractivity contribution is 5.81. The Labute approximate surface area is 177 Å². The van der Waals surface area contributed by atoms with E-state index in [4.69, 9.17) is 9.94 Å². The van der Waals surface area contributed by atoms with E-state index in [0.29, 0.717) is 6.54 Å². The van der Waals surface area contributed by atoms with Gasteiger partial charge in [-0.3, -0.25) is 14.9 Å². The summed E-state index contributed by atoms with van der Waals surface area (Å²) >= 11 is 0. The highest BCUT2D eigenvalue weighted by Crippen LogP contribution is 2.24. The van der Waals surface area contributed by atoms with E-state index in [0.717, 1.165) is 42.9 Å². The first-order valence-corrected chi connectivity index (χ1v) is 10.2. The van der Waals surface area contributed by atoms with Crippen molar-refractivity contribution in [2.45, 2.75) is 26.4 Å². The maximum atomic E-state index is 12.0. The van der Waals surface area contributed by atoms with E-state index < -0.39 is 5.60 Å². The number of nitrogens with one attached hydrogen (secondary N) is 1. The van der Waals surface area contributed by atoms with Crippen LogP contribution in [0.5, 0.6) is 0 Å². The second-order valence-corrected chi connectivity index (χ2v) is 8.38. The molecule has 0 spiro atoms. The minimum Gasteiger partial charge on any atom is -0.459 e. The normalized spacial score (nSPS) is 15.4. The molecule has 2 N–H and O–H groups in total. The van der Waals surface area contributed by atoms with Crippen molar-refractivity contribution in [2.75, 3.05) is 37.6 Å². The van der Waals surface area contributed by atoms with E-state index in [1.807, 2.05) is 45.0 Å². The van der Waals surface area contributed by atoms with Gasteiger partial charge in [0.2, 0.25) is 0 Å². The van der Waals surface area contributed by atoms with Crippen LogP contribution in [-0.2, 0) is 9.53 Å². The number of hydrazone groups is 1. The van der Waals surface area contributed by atoms with Crippen LogP contribution in [0.2, 0.25) is 0 Å². The summed E-state index contributed by atoms with van der Waals surface area (Å²) < 4.78 is 5.42. The SMILES string of the molecule is CC(C)(C)OC(=O)CN1CCN(c2ccc(-c3ccc(C=NNO)cc3)cc2)CC1. The summed E-state index contributed by atoms with van der Waals surface area (Å²) in [7, 11) is 0. The van der Waals surface area contributed by atoms with Crippen molar-refractivity contribution in [1.29, 1.82) is 0 Å². The minimum absolute atomic E-state index is 0.162. The van der Waals surface area contributed by atoms with Crippen LogP contribution in [0, 0.1) is 0 Å². The molecular weight excluding hydrogens is 380 g/mol. The summed E-state index contributed by atoms with van der Waals surface area (Å²) in [5, 5.41) is 12.1. The summed E-state index contributed by atoms with van der Waals surface area (Å²) in [6.07, 6.45) is 1.55. The van der Waals surface area contributed by atoms with E-state index >= 15 is 0 Å². The fourth-order valence-electron chi connectivity index (χ4n) is 3.45. The third-order valence-corrected chi connectivity index (χ3v) is 4.89. The quantitative estimate of drug-likeness (QED) is 0.433. The molecule has 7 heteroatoms. The van der Waals surface area contributed by atoms with Gasteiger partial charge in [-0.15, -0.1) is 0 Å². The number of hydrogen-bond donors (Lipinski definition) is 2. The Balaban J connectivity index is 1.53. The van der Waals surface area contributed by atoms with E-state index in [1.165, 1.54) is 5.69 Å². The van der Waals surface area contributed by atoms with E-state index in [-0.39, 0.29) is 5.97 Å². The average Bonchev–Trinajstić information content (AvgIpc) is 2.72. The van der Waals surface area contributed by atoms with Gasteiger partial charge in [0.15, 0.2) is 0 Å². The van der Waals surface area contributed by atoms with Crippen LogP contribution in [0.25, 0.3) is 11.1 Å². The van der Waals surface area contributed by atoms with Crippen LogP contribution < -0.4 is 10.5 Å². The van der Waals surface area contributed by atoms with E-state index in [2.05, 4.69) is 39.2 Å². The van der Waals surface area contributed by atoms with Gasteiger partial charge in [-0.05, 0) is 49.6 Å². The predicted molar refractivity (Wildman–Crippen MR) is 119 cm³/mol. The van der Waals surface area contributed by atoms with Gasteiger partial charge in [-0.1, -0.05) is 36.4 Å². The molecule has 0 radical (unpaired) electrons. The lowest BCUT2D eigenvalue weighted by atomic mass is 10.0. The third kappa shape index (κ3) is 6.30. The van der Waals surface area contributed by atoms with Crippen LogP contribution in [0.1, 0.15) is 26.3 Å². The van der Waals surface area contributed by atoms with Crippen molar-refractivity contribution >= 4 is 17.9 Å². The molecule has 0 aliphatic carbocycles. The molecule has 0 saturated carbocycles. The van der Waals surface area contributed by atoms with Crippen molar-refractivity contribution in [3.8, 4) is 11.1 Å². The number of anilines is 1. The molecular formula is C23H30N4O3. The van der Waals surface area contributed by atoms with Crippen LogP contribution >= 0.6 is 0 Å². The molecule has 0 unspecified atom stereocenters. The zero-order chi connectivity index (χ0) is 21.6. The summed E-state index contributed by atoms with van der Waals surface area (Å²) in [5.41, 5.74) is 5.68. The van der Waals surface area contributed by atoms with Gasteiger partial charge < -0.3 is 9.64 Å². The molecule has 1 aliphatic rings. The molecule has 2 aromatic rings.